The van der Waals surface area contributed by atoms with Crippen molar-refractivity contribution in [1.82, 2.24) is 4.90 Å². The van der Waals surface area contributed by atoms with E-state index in [-0.39, 0.29) is 5.76 Å². The molecule has 1 fully saturated rings. The summed E-state index contributed by atoms with van der Waals surface area (Å²) in [7, 11) is 0. The van der Waals surface area contributed by atoms with Crippen molar-refractivity contribution in [2.75, 3.05) is 13.1 Å². The molecule has 1 N–H and O–H groups in total. The third kappa shape index (κ3) is 2.68. The van der Waals surface area contributed by atoms with Gasteiger partial charge in [0.2, 0.25) is 5.76 Å². The number of furan rings is 1. The number of hydrogen-bond donors (Lipinski definition) is 1. The Balaban J connectivity index is 1.89. The van der Waals surface area contributed by atoms with Crippen molar-refractivity contribution in [2.24, 2.45) is 11.8 Å². The normalized spacial score (nSPS) is 19.7. The fourth-order valence-corrected chi connectivity index (χ4v) is 3.20. The van der Waals surface area contributed by atoms with Gasteiger partial charge in [0.1, 0.15) is 5.58 Å². The number of carboxylic acids is 1. The first-order valence-electron chi connectivity index (χ1n) is 7.52. The number of aromatic carboxylic acids is 1. The molecule has 0 radical (unpaired) electrons. The Bertz CT molecular complexity index is 659. The number of carbonyl (C=O) groups is 1. The van der Waals surface area contributed by atoms with Crippen molar-refractivity contribution in [1.29, 1.82) is 0 Å². The molecule has 4 nitrogen and oxygen atoms in total. The van der Waals surface area contributed by atoms with Gasteiger partial charge in [0, 0.05) is 24.0 Å². The lowest BCUT2D eigenvalue weighted by atomic mass is 9.95. The fraction of sp³-hybridized carbons (Fsp3) is 0.471. The standard InChI is InChI=1S/C17H21NO3/c1-11(2)12-7-8-18(9-12)10-14-13-5-3-4-6-15(13)21-16(14)17(19)20/h3-6,11-12H,7-10H2,1-2H3,(H,19,20). The zero-order valence-corrected chi connectivity index (χ0v) is 12.5. The summed E-state index contributed by atoms with van der Waals surface area (Å²) < 4.78 is 5.52. The minimum Gasteiger partial charge on any atom is -0.475 e. The lowest BCUT2D eigenvalue weighted by molar-refractivity contribution is 0.0662. The fourth-order valence-electron chi connectivity index (χ4n) is 3.20. The molecule has 0 saturated carbocycles. The van der Waals surface area contributed by atoms with Crippen molar-refractivity contribution in [3.05, 3.63) is 35.6 Å². The Morgan fingerprint density at radius 1 is 1.43 bits per heavy atom. The summed E-state index contributed by atoms with van der Waals surface area (Å²) in [5.74, 6) is 0.483. The van der Waals surface area contributed by atoms with Gasteiger partial charge in [0.25, 0.3) is 0 Å². The molecule has 0 aliphatic carbocycles. The molecule has 0 spiro atoms. The molecule has 1 saturated heterocycles. The number of benzene rings is 1. The van der Waals surface area contributed by atoms with Crippen molar-refractivity contribution in [2.45, 2.75) is 26.8 Å². The highest BCUT2D eigenvalue weighted by Crippen LogP contribution is 2.30. The van der Waals surface area contributed by atoms with Crippen LogP contribution >= 0.6 is 0 Å². The predicted octanol–water partition coefficient (Wildman–Crippen LogP) is 3.61. The molecule has 1 unspecified atom stereocenters. The van der Waals surface area contributed by atoms with E-state index in [1.54, 1.807) is 0 Å². The van der Waals surface area contributed by atoms with Crippen LogP contribution in [0.25, 0.3) is 11.0 Å². The third-order valence-corrected chi connectivity index (χ3v) is 4.53. The van der Waals surface area contributed by atoms with Gasteiger partial charge in [-0.1, -0.05) is 32.0 Å². The molecule has 1 aliphatic heterocycles. The Morgan fingerprint density at radius 3 is 2.86 bits per heavy atom. The summed E-state index contributed by atoms with van der Waals surface area (Å²) in [6.07, 6.45) is 1.19. The van der Waals surface area contributed by atoms with Gasteiger partial charge in [-0.15, -0.1) is 0 Å². The SMILES string of the molecule is CC(C)C1CCN(Cc2c(C(=O)O)oc3ccccc23)C1. The van der Waals surface area contributed by atoms with E-state index in [2.05, 4.69) is 18.7 Å². The summed E-state index contributed by atoms with van der Waals surface area (Å²) in [6, 6.07) is 7.56. The first-order valence-corrected chi connectivity index (χ1v) is 7.52. The monoisotopic (exact) mass is 287 g/mol. The number of likely N-dealkylation sites (tertiary alicyclic amines) is 1. The van der Waals surface area contributed by atoms with Crippen LogP contribution in [0.15, 0.2) is 28.7 Å². The van der Waals surface area contributed by atoms with Gasteiger partial charge in [0.15, 0.2) is 0 Å². The molecule has 2 aromatic rings. The molecule has 21 heavy (non-hydrogen) atoms. The topological polar surface area (TPSA) is 53.7 Å². The number of nitrogens with zero attached hydrogens (tertiary/aromatic N) is 1. The predicted molar refractivity (Wildman–Crippen MR) is 81.4 cm³/mol. The Hall–Kier alpha value is -1.81. The Kier molecular flexibility index (Phi) is 3.72. The van der Waals surface area contributed by atoms with Gasteiger partial charge < -0.3 is 9.52 Å². The highest BCUT2D eigenvalue weighted by Gasteiger charge is 2.28. The van der Waals surface area contributed by atoms with Gasteiger partial charge >= 0.3 is 5.97 Å². The van der Waals surface area contributed by atoms with Crippen LogP contribution in [0.3, 0.4) is 0 Å². The van der Waals surface area contributed by atoms with E-state index >= 15 is 0 Å². The number of fused-ring (bicyclic) bond motifs is 1. The molecule has 1 aromatic carbocycles. The molecule has 112 valence electrons. The molecular weight excluding hydrogens is 266 g/mol. The zero-order chi connectivity index (χ0) is 15.0. The second-order valence-electron chi connectivity index (χ2n) is 6.24. The van der Waals surface area contributed by atoms with Crippen LogP contribution in [0.5, 0.6) is 0 Å². The van der Waals surface area contributed by atoms with Crippen LogP contribution < -0.4 is 0 Å². The second kappa shape index (κ2) is 5.53. The highest BCUT2D eigenvalue weighted by molar-refractivity contribution is 5.95. The van der Waals surface area contributed by atoms with Crippen LogP contribution in [0.1, 0.15) is 36.4 Å². The van der Waals surface area contributed by atoms with E-state index in [0.717, 1.165) is 24.0 Å². The summed E-state index contributed by atoms with van der Waals surface area (Å²) in [4.78, 5) is 13.8. The van der Waals surface area contributed by atoms with Gasteiger partial charge in [-0.2, -0.15) is 0 Å². The third-order valence-electron chi connectivity index (χ3n) is 4.53. The molecule has 2 heterocycles. The maximum Gasteiger partial charge on any atom is 0.372 e. The number of rotatable bonds is 4. The van der Waals surface area contributed by atoms with E-state index in [4.69, 9.17) is 4.42 Å². The van der Waals surface area contributed by atoms with Gasteiger partial charge in [0.05, 0.1) is 0 Å². The number of para-hydroxylation sites is 1. The molecule has 0 amide bonds. The molecule has 1 atom stereocenters. The second-order valence-corrected chi connectivity index (χ2v) is 6.24. The molecule has 4 heteroatoms. The maximum absolute atomic E-state index is 11.4. The minimum absolute atomic E-state index is 0.0872. The molecule has 1 aromatic heterocycles. The summed E-state index contributed by atoms with van der Waals surface area (Å²) in [5.41, 5.74) is 1.46. The van der Waals surface area contributed by atoms with Crippen LogP contribution in [-0.4, -0.2) is 29.1 Å². The van der Waals surface area contributed by atoms with Gasteiger partial charge in [-0.05, 0) is 30.9 Å². The first kappa shape index (κ1) is 14.1. The van der Waals surface area contributed by atoms with Crippen LogP contribution in [-0.2, 0) is 6.54 Å². The summed E-state index contributed by atoms with van der Waals surface area (Å²) in [5, 5.41) is 10.3. The molecular formula is C17H21NO3. The zero-order valence-electron chi connectivity index (χ0n) is 12.5. The van der Waals surface area contributed by atoms with Crippen molar-refractivity contribution in [3.63, 3.8) is 0 Å². The van der Waals surface area contributed by atoms with Crippen LogP contribution in [0.2, 0.25) is 0 Å². The van der Waals surface area contributed by atoms with Crippen molar-refractivity contribution >= 4 is 16.9 Å². The number of carboxylic acid groups (broad SMARTS) is 1. The van der Waals surface area contributed by atoms with Crippen molar-refractivity contribution < 1.29 is 14.3 Å². The maximum atomic E-state index is 11.4. The molecule has 0 bridgehead atoms. The van der Waals surface area contributed by atoms with E-state index < -0.39 is 5.97 Å². The smallest absolute Gasteiger partial charge is 0.372 e. The van der Waals surface area contributed by atoms with Crippen LogP contribution in [0, 0.1) is 11.8 Å². The van der Waals surface area contributed by atoms with E-state index in [0.29, 0.717) is 24.0 Å². The number of hydrogen-bond acceptors (Lipinski definition) is 3. The molecule has 1 aliphatic rings. The van der Waals surface area contributed by atoms with Gasteiger partial charge in [-0.3, -0.25) is 4.90 Å². The quantitative estimate of drug-likeness (QED) is 0.933. The van der Waals surface area contributed by atoms with E-state index in [9.17, 15) is 9.90 Å². The lowest BCUT2D eigenvalue weighted by Gasteiger charge is -2.17. The first-order chi connectivity index (χ1) is 10.1. The Labute approximate surface area is 124 Å². The highest BCUT2D eigenvalue weighted by atomic mass is 16.4. The summed E-state index contributed by atoms with van der Waals surface area (Å²) in [6.45, 7) is 7.23. The van der Waals surface area contributed by atoms with E-state index in [1.807, 2.05) is 24.3 Å². The van der Waals surface area contributed by atoms with Gasteiger partial charge in [-0.25, -0.2) is 4.79 Å². The lowest BCUT2D eigenvalue weighted by Crippen LogP contribution is -2.22. The average Bonchev–Trinajstić information content (AvgIpc) is 3.05. The van der Waals surface area contributed by atoms with E-state index in [1.165, 1.54) is 6.42 Å². The largest absolute Gasteiger partial charge is 0.475 e. The summed E-state index contributed by atoms with van der Waals surface area (Å²) >= 11 is 0. The van der Waals surface area contributed by atoms with Crippen molar-refractivity contribution in [3.8, 4) is 0 Å². The molecule has 3 rings (SSSR count). The van der Waals surface area contributed by atoms with Crippen LogP contribution in [0.4, 0.5) is 0 Å². The minimum atomic E-state index is -0.985. The Morgan fingerprint density at radius 2 is 2.19 bits per heavy atom. The average molecular weight is 287 g/mol.